The van der Waals surface area contributed by atoms with Crippen LogP contribution in [0.5, 0.6) is 0 Å². The smallest absolute Gasteiger partial charge is 0.0939 e. The number of rotatable bonds is 4. The maximum absolute atomic E-state index is 6.27. The van der Waals surface area contributed by atoms with Gasteiger partial charge >= 0.3 is 0 Å². The van der Waals surface area contributed by atoms with Crippen molar-refractivity contribution in [2.24, 2.45) is 11.7 Å². The van der Waals surface area contributed by atoms with Crippen LogP contribution in [0.2, 0.25) is 0 Å². The largest absolute Gasteiger partial charge is 0.378 e. The summed E-state index contributed by atoms with van der Waals surface area (Å²) in [5, 5.41) is 0. The first-order valence-corrected chi connectivity index (χ1v) is 7.46. The highest BCUT2D eigenvalue weighted by molar-refractivity contribution is 7.99. The zero-order valence-electron chi connectivity index (χ0n) is 10.1. The minimum Gasteiger partial charge on any atom is -0.378 e. The van der Waals surface area contributed by atoms with Crippen LogP contribution in [0.3, 0.4) is 0 Å². The topological polar surface area (TPSA) is 44.5 Å². The lowest BCUT2D eigenvalue weighted by Gasteiger charge is -2.39. The molecule has 3 atom stereocenters. The van der Waals surface area contributed by atoms with Gasteiger partial charge in [-0.3, -0.25) is 0 Å². The fraction of sp³-hybridized carbons (Fsp3) is 1.00. The van der Waals surface area contributed by atoms with Gasteiger partial charge in [-0.2, -0.15) is 11.8 Å². The van der Waals surface area contributed by atoms with Gasteiger partial charge in [0.25, 0.3) is 0 Å². The Morgan fingerprint density at radius 1 is 1.50 bits per heavy atom. The van der Waals surface area contributed by atoms with Crippen LogP contribution in [0.4, 0.5) is 0 Å². The van der Waals surface area contributed by atoms with Crippen molar-refractivity contribution in [2.75, 3.05) is 31.3 Å². The van der Waals surface area contributed by atoms with Crippen molar-refractivity contribution in [3.05, 3.63) is 0 Å². The van der Waals surface area contributed by atoms with Crippen molar-refractivity contribution in [1.82, 2.24) is 0 Å². The molecule has 2 N–H and O–H groups in total. The average Bonchev–Trinajstić information content (AvgIpc) is 2.74. The zero-order chi connectivity index (χ0) is 11.4. The minimum atomic E-state index is 0.0113. The molecular formula is C12H23NO2S. The van der Waals surface area contributed by atoms with Crippen LogP contribution < -0.4 is 5.73 Å². The van der Waals surface area contributed by atoms with E-state index >= 15 is 0 Å². The van der Waals surface area contributed by atoms with Crippen LogP contribution in [-0.2, 0) is 9.47 Å². The van der Waals surface area contributed by atoms with Crippen molar-refractivity contribution >= 4 is 11.8 Å². The summed E-state index contributed by atoms with van der Waals surface area (Å²) in [6.45, 7) is 4.68. The van der Waals surface area contributed by atoms with E-state index in [-0.39, 0.29) is 5.60 Å². The van der Waals surface area contributed by atoms with Gasteiger partial charge < -0.3 is 15.2 Å². The zero-order valence-corrected chi connectivity index (χ0v) is 10.9. The second kappa shape index (κ2) is 5.71. The maximum Gasteiger partial charge on any atom is 0.0939 e. The van der Waals surface area contributed by atoms with Crippen molar-refractivity contribution in [2.45, 2.75) is 37.8 Å². The molecule has 0 aromatic rings. The molecule has 0 aliphatic carbocycles. The van der Waals surface area contributed by atoms with E-state index in [1.807, 2.05) is 11.8 Å². The third-order valence-corrected chi connectivity index (χ3v) is 4.75. The highest BCUT2D eigenvalue weighted by Crippen LogP contribution is 2.37. The second-order valence-electron chi connectivity index (χ2n) is 4.91. The van der Waals surface area contributed by atoms with Crippen molar-refractivity contribution in [1.29, 1.82) is 0 Å². The molecule has 0 aromatic heterocycles. The standard InChI is InChI=1S/C12H23NO2S/c1-2-16-8-11(13)10-3-5-15-12(7-10)4-6-14-9-12/h10-11H,2-9,13H2,1H3. The van der Waals surface area contributed by atoms with E-state index in [0.29, 0.717) is 12.0 Å². The molecule has 0 saturated carbocycles. The molecule has 2 rings (SSSR count). The summed E-state index contributed by atoms with van der Waals surface area (Å²) >= 11 is 1.94. The quantitative estimate of drug-likeness (QED) is 0.818. The summed E-state index contributed by atoms with van der Waals surface area (Å²) in [5.74, 6) is 2.86. The molecule has 4 heteroatoms. The highest BCUT2D eigenvalue weighted by atomic mass is 32.2. The SMILES string of the molecule is CCSCC(N)C1CCOC2(CCOC2)C1. The molecule has 94 valence electrons. The molecular weight excluding hydrogens is 222 g/mol. The summed E-state index contributed by atoms with van der Waals surface area (Å²) in [6, 6.07) is 0.325. The molecule has 2 saturated heterocycles. The van der Waals surface area contributed by atoms with E-state index in [9.17, 15) is 0 Å². The van der Waals surface area contributed by atoms with E-state index in [1.54, 1.807) is 0 Å². The molecule has 3 nitrogen and oxygen atoms in total. The molecule has 2 aliphatic rings. The molecule has 2 aliphatic heterocycles. The van der Waals surface area contributed by atoms with E-state index in [0.717, 1.165) is 50.6 Å². The van der Waals surface area contributed by atoms with Gasteiger partial charge in [-0.25, -0.2) is 0 Å². The van der Waals surface area contributed by atoms with Crippen LogP contribution in [0.1, 0.15) is 26.2 Å². The predicted molar refractivity (Wildman–Crippen MR) is 67.8 cm³/mol. The Morgan fingerprint density at radius 2 is 2.38 bits per heavy atom. The normalized spacial score (nSPS) is 36.8. The lowest BCUT2D eigenvalue weighted by atomic mass is 9.82. The fourth-order valence-electron chi connectivity index (χ4n) is 2.68. The first-order valence-electron chi connectivity index (χ1n) is 6.31. The number of hydrogen-bond acceptors (Lipinski definition) is 4. The molecule has 2 fully saturated rings. The average molecular weight is 245 g/mol. The molecule has 0 radical (unpaired) electrons. The first-order chi connectivity index (χ1) is 7.76. The summed E-state index contributed by atoms with van der Waals surface area (Å²) in [5.41, 5.74) is 6.28. The number of thioether (sulfide) groups is 1. The van der Waals surface area contributed by atoms with Crippen LogP contribution in [-0.4, -0.2) is 43.0 Å². The third kappa shape index (κ3) is 2.92. The number of hydrogen-bond donors (Lipinski definition) is 1. The van der Waals surface area contributed by atoms with E-state index in [1.165, 1.54) is 0 Å². The Balaban J connectivity index is 1.85. The molecule has 3 unspecified atom stereocenters. The van der Waals surface area contributed by atoms with Gasteiger partial charge in [0.2, 0.25) is 0 Å². The molecule has 0 bridgehead atoms. The Morgan fingerprint density at radius 3 is 3.06 bits per heavy atom. The van der Waals surface area contributed by atoms with Crippen molar-refractivity contribution in [3.8, 4) is 0 Å². The van der Waals surface area contributed by atoms with Gasteiger partial charge in [0.15, 0.2) is 0 Å². The monoisotopic (exact) mass is 245 g/mol. The molecule has 16 heavy (non-hydrogen) atoms. The highest BCUT2D eigenvalue weighted by Gasteiger charge is 2.42. The second-order valence-corrected chi connectivity index (χ2v) is 6.23. The Kier molecular flexibility index (Phi) is 4.53. The van der Waals surface area contributed by atoms with Gasteiger partial charge in [0, 0.05) is 31.4 Å². The first kappa shape index (κ1) is 12.7. The van der Waals surface area contributed by atoms with E-state index < -0.39 is 0 Å². The fourth-order valence-corrected chi connectivity index (χ4v) is 3.46. The Labute approximate surface area is 102 Å². The van der Waals surface area contributed by atoms with Crippen LogP contribution in [0.15, 0.2) is 0 Å². The van der Waals surface area contributed by atoms with Gasteiger partial charge in [0.05, 0.1) is 12.2 Å². The van der Waals surface area contributed by atoms with Crippen molar-refractivity contribution < 1.29 is 9.47 Å². The lowest BCUT2D eigenvalue weighted by Crippen LogP contribution is -2.46. The summed E-state index contributed by atoms with van der Waals surface area (Å²) in [7, 11) is 0. The third-order valence-electron chi connectivity index (χ3n) is 3.72. The van der Waals surface area contributed by atoms with Crippen molar-refractivity contribution in [3.63, 3.8) is 0 Å². The maximum atomic E-state index is 6.27. The Bertz CT molecular complexity index is 219. The molecule has 0 aromatic carbocycles. The Hall–Kier alpha value is 0.230. The summed E-state index contributed by atoms with van der Waals surface area (Å²) in [6.07, 6.45) is 3.27. The van der Waals surface area contributed by atoms with Gasteiger partial charge in [-0.1, -0.05) is 6.92 Å². The summed E-state index contributed by atoms with van der Waals surface area (Å²) < 4.78 is 11.4. The van der Waals surface area contributed by atoms with E-state index in [2.05, 4.69) is 6.92 Å². The number of ether oxygens (including phenoxy) is 2. The predicted octanol–water partition coefficient (Wildman–Crippen LogP) is 1.65. The molecule has 0 amide bonds. The van der Waals surface area contributed by atoms with Crippen LogP contribution >= 0.6 is 11.8 Å². The molecule has 1 spiro atoms. The van der Waals surface area contributed by atoms with Crippen LogP contribution in [0, 0.1) is 5.92 Å². The van der Waals surface area contributed by atoms with Gasteiger partial charge in [-0.05, 0) is 24.5 Å². The van der Waals surface area contributed by atoms with Gasteiger partial charge in [-0.15, -0.1) is 0 Å². The van der Waals surface area contributed by atoms with Crippen LogP contribution in [0.25, 0.3) is 0 Å². The van der Waals surface area contributed by atoms with E-state index in [4.69, 9.17) is 15.2 Å². The van der Waals surface area contributed by atoms with Gasteiger partial charge in [0.1, 0.15) is 0 Å². The minimum absolute atomic E-state index is 0.0113. The summed E-state index contributed by atoms with van der Waals surface area (Å²) in [4.78, 5) is 0. The number of nitrogens with two attached hydrogens (primary N) is 1. The lowest BCUT2D eigenvalue weighted by molar-refractivity contribution is -0.100. The molecule has 2 heterocycles.